The molecule has 0 heterocycles. The minimum absolute atomic E-state index is 0.159. The van der Waals surface area contributed by atoms with Gasteiger partial charge >= 0.3 is 5.97 Å². The van der Waals surface area contributed by atoms with Crippen LogP contribution in [0.15, 0.2) is 60.7 Å². The molecule has 0 amide bonds. The van der Waals surface area contributed by atoms with E-state index < -0.39 is 5.97 Å². The van der Waals surface area contributed by atoms with Gasteiger partial charge in [0.15, 0.2) is 0 Å². The number of carboxylic acid groups (broad SMARTS) is 1. The van der Waals surface area contributed by atoms with Gasteiger partial charge in [-0.2, -0.15) is 0 Å². The van der Waals surface area contributed by atoms with Crippen LogP contribution in [0, 0.1) is 19.8 Å². The van der Waals surface area contributed by atoms with E-state index in [0.29, 0.717) is 6.42 Å². The van der Waals surface area contributed by atoms with Crippen molar-refractivity contribution in [3.05, 3.63) is 82.9 Å². The van der Waals surface area contributed by atoms with Gasteiger partial charge in [-0.15, -0.1) is 0 Å². The van der Waals surface area contributed by atoms with Crippen molar-refractivity contribution in [2.45, 2.75) is 46.1 Å². The maximum absolute atomic E-state index is 10.7. The van der Waals surface area contributed by atoms with E-state index in [4.69, 9.17) is 9.84 Å². The molecule has 0 bridgehead atoms. The van der Waals surface area contributed by atoms with Crippen LogP contribution in [0.1, 0.15) is 41.5 Å². The Balaban J connectivity index is 1.41. The van der Waals surface area contributed by atoms with Gasteiger partial charge in [-0.1, -0.05) is 30.3 Å². The smallest absolute Gasteiger partial charge is 0.303 e. The third-order valence-corrected chi connectivity index (χ3v) is 5.98. The van der Waals surface area contributed by atoms with Gasteiger partial charge in [-0.25, -0.2) is 0 Å². The Morgan fingerprint density at radius 2 is 1.72 bits per heavy atom. The molecule has 0 spiro atoms. The molecular formula is C28H31NO3. The third kappa shape index (κ3) is 5.91. The van der Waals surface area contributed by atoms with Crippen LogP contribution in [0.5, 0.6) is 5.75 Å². The molecule has 0 atom stereocenters. The van der Waals surface area contributed by atoms with Gasteiger partial charge in [-0.05, 0) is 103 Å². The molecule has 1 aliphatic rings. The fourth-order valence-electron chi connectivity index (χ4n) is 4.04. The Hall–Kier alpha value is -3.27. The molecule has 32 heavy (non-hydrogen) atoms. The second-order valence-electron chi connectivity index (χ2n) is 8.83. The number of hydrogen-bond donors (Lipinski definition) is 2. The first-order valence-electron chi connectivity index (χ1n) is 11.4. The van der Waals surface area contributed by atoms with Crippen LogP contribution in [0.4, 0.5) is 5.69 Å². The quantitative estimate of drug-likeness (QED) is 0.392. The van der Waals surface area contributed by atoms with E-state index in [0.717, 1.165) is 36.1 Å². The Morgan fingerprint density at radius 3 is 2.38 bits per heavy atom. The van der Waals surface area contributed by atoms with Gasteiger partial charge in [0.2, 0.25) is 0 Å². The largest absolute Gasteiger partial charge is 0.493 e. The van der Waals surface area contributed by atoms with Crippen molar-refractivity contribution in [1.82, 2.24) is 0 Å². The number of nitrogens with one attached hydrogen (secondary N) is 1. The van der Waals surface area contributed by atoms with Gasteiger partial charge < -0.3 is 15.2 Å². The summed E-state index contributed by atoms with van der Waals surface area (Å²) < 4.78 is 5.99. The molecule has 4 heteroatoms. The van der Waals surface area contributed by atoms with E-state index in [1.807, 2.05) is 24.3 Å². The van der Waals surface area contributed by atoms with Crippen LogP contribution >= 0.6 is 0 Å². The van der Waals surface area contributed by atoms with Crippen molar-refractivity contribution in [1.29, 1.82) is 0 Å². The zero-order valence-corrected chi connectivity index (χ0v) is 18.9. The summed E-state index contributed by atoms with van der Waals surface area (Å²) in [5, 5.41) is 12.3. The van der Waals surface area contributed by atoms with Gasteiger partial charge in [0.25, 0.3) is 0 Å². The SMILES string of the molecule is Cc1cc(OCC2CC2)cc(C)c1-c1cccc(CNc2ccc(CCC(=O)O)cc2)c1. The Bertz CT molecular complexity index is 1060. The van der Waals surface area contributed by atoms with Crippen molar-refractivity contribution in [3.8, 4) is 16.9 Å². The molecule has 2 N–H and O–H groups in total. The number of hydrogen-bond acceptors (Lipinski definition) is 3. The summed E-state index contributed by atoms with van der Waals surface area (Å²) in [6.45, 7) is 5.87. The van der Waals surface area contributed by atoms with Gasteiger partial charge in [0.05, 0.1) is 6.61 Å². The van der Waals surface area contributed by atoms with Crippen LogP contribution < -0.4 is 10.1 Å². The highest BCUT2D eigenvalue weighted by Crippen LogP contribution is 2.34. The lowest BCUT2D eigenvalue weighted by atomic mass is 9.94. The van der Waals surface area contributed by atoms with Gasteiger partial charge in [-0.3, -0.25) is 4.79 Å². The van der Waals surface area contributed by atoms with E-state index >= 15 is 0 Å². The minimum Gasteiger partial charge on any atom is -0.493 e. The summed E-state index contributed by atoms with van der Waals surface area (Å²) in [4.78, 5) is 10.7. The second kappa shape index (κ2) is 9.90. The normalized spacial score (nSPS) is 13.1. The molecule has 0 unspecified atom stereocenters. The lowest BCUT2D eigenvalue weighted by molar-refractivity contribution is -0.136. The fraction of sp³-hybridized carbons (Fsp3) is 0.321. The zero-order valence-electron chi connectivity index (χ0n) is 18.9. The molecule has 0 aliphatic heterocycles. The van der Waals surface area contributed by atoms with Crippen LogP contribution in [0.3, 0.4) is 0 Å². The van der Waals surface area contributed by atoms with Crippen molar-refractivity contribution >= 4 is 11.7 Å². The number of aryl methyl sites for hydroxylation is 3. The maximum Gasteiger partial charge on any atom is 0.303 e. The number of anilines is 1. The summed E-state index contributed by atoms with van der Waals surface area (Å²) in [5.41, 5.74) is 8.24. The van der Waals surface area contributed by atoms with Crippen molar-refractivity contribution in [3.63, 3.8) is 0 Å². The highest BCUT2D eigenvalue weighted by molar-refractivity contribution is 5.72. The molecule has 3 aromatic rings. The Kier molecular flexibility index (Phi) is 6.79. The number of ether oxygens (including phenoxy) is 1. The van der Waals surface area contributed by atoms with E-state index in [9.17, 15) is 4.79 Å². The average Bonchev–Trinajstić information content (AvgIpc) is 3.60. The fourth-order valence-corrected chi connectivity index (χ4v) is 4.04. The van der Waals surface area contributed by atoms with Crippen LogP contribution in [-0.2, 0) is 17.8 Å². The first-order valence-corrected chi connectivity index (χ1v) is 11.4. The van der Waals surface area contributed by atoms with E-state index in [-0.39, 0.29) is 6.42 Å². The highest BCUT2D eigenvalue weighted by atomic mass is 16.5. The summed E-state index contributed by atoms with van der Waals surface area (Å²) in [7, 11) is 0. The topological polar surface area (TPSA) is 58.6 Å². The maximum atomic E-state index is 10.7. The molecule has 0 saturated heterocycles. The van der Waals surface area contributed by atoms with Crippen LogP contribution in [0.2, 0.25) is 0 Å². The summed E-state index contributed by atoms with van der Waals surface area (Å²) in [6, 6.07) is 21.0. The molecule has 166 valence electrons. The van der Waals surface area contributed by atoms with E-state index in [2.05, 4.69) is 55.6 Å². The molecule has 3 aromatic carbocycles. The first kappa shape index (κ1) is 21.9. The summed E-state index contributed by atoms with van der Waals surface area (Å²) in [5.74, 6) is 0.957. The number of carboxylic acids is 1. The Labute approximate surface area is 190 Å². The molecule has 1 saturated carbocycles. The van der Waals surface area contributed by atoms with Crippen LogP contribution in [0.25, 0.3) is 11.1 Å². The van der Waals surface area contributed by atoms with Crippen molar-refractivity contribution < 1.29 is 14.6 Å². The molecule has 4 nitrogen and oxygen atoms in total. The molecule has 0 radical (unpaired) electrons. The van der Waals surface area contributed by atoms with Gasteiger partial charge in [0.1, 0.15) is 5.75 Å². The van der Waals surface area contributed by atoms with Crippen molar-refractivity contribution in [2.24, 2.45) is 5.92 Å². The number of aliphatic carboxylic acids is 1. The number of benzene rings is 3. The molecule has 1 aliphatic carbocycles. The predicted octanol–water partition coefficient (Wildman–Crippen LogP) is 6.39. The van der Waals surface area contributed by atoms with Crippen LogP contribution in [-0.4, -0.2) is 17.7 Å². The Morgan fingerprint density at radius 1 is 1.00 bits per heavy atom. The average molecular weight is 430 g/mol. The molecule has 0 aromatic heterocycles. The first-order chi connectivity index (χ1) is 15.5. The van der Waals surface area contributed by atoms with Crippen molar-refractivity contribution in [2.75, 3.05) is 11.9 Å². The zero-order chi connectivity index (χ0) is 22.5. The van der Waals surface area contributed by atoms with E-state index in [1.54, 1.807) is 0 Å². The number of carbonyl (C=O) groups is 1. The van der Waals surface area contributed by atoms with E-state index in [1.165, 1.54) is 40.7 Å². The molecular weight excluding hydrogens is 398 g/mol. The lowest BCUT2D eigenvalue weighted by Crippen LogP contribution is -2.02. The highest BCUT2D eigenvalue weighted by Gasteiger charge is 2.22. The monoisotopic (exact) mass is 429 g/mol. The summed E-state index contributed by atoms with van der Waals surface area (Å²) in [6.07, 6.45) is 3.31. The minimum atomic E-state index is -0.766. The molecule has 1 fully saturated rings. The second-order valence-corrected chi connectivity index (χ2v) is 8.83. The molecule has 4 rings (SSSR count). The predicted molar refractivity (Wildman–Crippen MR) is 129 cm³/mol. The standard InChI is InChI=1S/C28H31NO3/c1-19-14-26(32-18-22-6-7-22)15-20(2)28(19)24-5-3-4-23(16-24)17-29-25-11-8-21(9-12-25)10-13-27(30)31/h3-5,8-9,11-12,14-16,22,29H,6-7,10,13,17-18H2,1-2H3,(H,30,31). The van der Waals surface area contributed by atoms with Gasteiger partial charge in [0, 0.05) is 18.7 Å². The lowest BCUT2D eigenvalue weighted by Gasteiger charge is -2.15. The number of rotatable bonds is 10. The summed E-state index contributed by atoms with van der Waals surface area (Å²) >= 11 is 0. The third-order valence-electron chi connectivity index (χ3n) is 5.98.